The molecule has 0 bridgehead atoms. The van der Waals surface area contributed by atoms with Gasteiger partial charge in [-0.3, -0.25) is 9.79 Å². The minimum absolute atomic E-state index is 0.157. The lowest BCUT2D eigenvalue weighted by Gasteiger charge is -2.09. The quantitative estimate of drug-likeness (QED) is 0.664. The van der Waals surface area contributed by atoms with Gasteiger partial charge in [0.2, 0.25) is 5.91 Å². The highest BCUT2D eigenvalue weighted by Gasteiger charge is 2.29. The second-order valence-corrected chi connectivity index (χ2v) is 6.44. The number of hydrogen-bond donors (Lipinski definition) is 1. The summed E-state index contributed by atoms with van der Waals surface area (Å²) in [5.41, 5.74) is 3.82. The third-order valence-corrected chi connectivity index (χ3v) is 4.16. The van der Waals surface area contributed by atoms with Gasteiger partial charge in [0.1, 0.15) is 5.92 Å². The summed E-state index contributed by atoms with van der Waals surface area (Å²) in [7, 11) is 5.37. The van der Waals surface area contributed by atoms with Gasteiger partial charge in [-0.1, -0.05) is 18.2 Å². The second kappa shape index (κ2) is 7.49. The van der Waals surface area contributed by atoms with E-state index in [-0.39, 0.29) is 5.91 Å². The molecule has 2 aromatic carbocycles. The molecule has 0 fully saturated rings. The highest BCUT2D eigenvalue weighted by atomic mass is 16.5. The van der Waals surface area contributed by atoms with Gasteiger partial charge >= 0.3 is 5.97 Å². The molecule has 0 spiro atoms. The van der Waals surface area contributed by atoms with E-state index in [0.29, 0.717) is 11.3 Å². The number of anilines is 1. The van der Waals surface area contributed by atoms with Crippen LogP contribution in [-0.2, 0) is 16.1 Å². The molecule has 134 valence electrons. The monoisotopic (exact) mass is 351 g/mol. The topological polar surface area (TPSA) is 71.0 Å². The van der Waals surface area contributed by atoms with E-state index in [9.17, 15) is 9.59 Å². The molecule has 1 N–H and O–H groups in total. The van der Waals surface area contributed by atoms with Crippen molar-refractivity contribution >= 4 is 29.5 Å². The number of hydrogen-bond acceptors (Lipinski definition) is 5. The van der Waals surface area contributed by atoms with E-state index in [1.54, 1.807) is 24.4 Å². The molecule has 3 rings (SSSR count). The molecule has 1 heterocycles. The van der Waals surface area contributed by atoms with Gasteiger partial charge in [0, 0.05) is 18.4 Å². The lowest BCUT2D eigenvalue weighted by molar-refractivity contribution is -0.115. The Bertz CT molecular complexity index is 857. The largest absolute Gasteiger partial charge is 0.465 e. The lowest BCUT2D eigenvalue weighted by Crippen LogP contribution is -2.12. The zero-order valence-electron chi connectivity index (χ0n) is 15.0. The average Bonchev–Trinajstić information content (AvgIpc) is 2.94. The number of rotatable bonds is 5. The van der Waals surface area contributed by atoms with E-state index in [4.69, 9.17) is 4.74 Å². The number of esters is 1. The molecular formula is C20H21N3O3. The van der Waals surface area contributed by atoms with Crippen molar-refractivity contribution in [1.82, 2.24) is 4.90 Å². The summed E-state index contributed by atoms with van der Waals surface area (Å²) in [4.78, 5) is 30.4. The van der Waals surface area contributed by atoms with Crippen LogP contribution in [-0.4, -0.2) is 44.2 Å². The van der Waals surface area contributed by atoms with Crippen LogP contribution in [0.3, 0.4) is 0 Å². The van der Waals surface area contributed by atoms with Crippen LogP contribution < -0.4 is 5.32 Å². The van der Waals surface area contributed by atoms with Crippen LogP contribution in [0.5, 0.6) is 0 Å². The van der Waals surface area contributed by atoms with Crippen molar-refractivity contribution in [3.8, 4) is 0 Å². The van der Waals surface area contributed by atoms with Gasteiger partial charge in [-0.05, 0) is 49.5 Å². The number of carbonyl (C=O) groups is 2. The van der Waals surface area contributed by atoms with E-state index in [1.165, 1.54) is 12.7 Å². The average molecular weight is 351 g/mol. The second-order valence-electron chi connectivity index (χ2n) is 6.44. The SMILES string of the molecule is COC(=O)c1ccc2c(c1)NC(=O)C2C=Nc1ccc(CN(C)C)cc1. The fourth-order valence-corrected chi connectivity index (χ4v) is 2.89. The molecule has 6 heteroatoms. The minimum atomic E-state index is -0.474. The van der Waals surface area contributed by atoms with Crippen LogP contribution in [0, 0.1) is 0 Å². The molecule has 1 amide bonds. The summed E-state index contributed by atoms with van der Waals surface area (Å²) >= 11 is 0. The van der Waals surface area contributed by atoms with Crippen molar-refractivity contribution < 1.29 is 14.3 Å². The Morgan fingerprint density at radius 3 is 2.62 bits per heavy atom. The Balaban J connectivity index is 1.78. The predicted molar refractivity (Wildman–Crippen MR) is 101 cm³/mol. The smallest absolute Gasteiger partial charge is 0.337 e. The zero-order chi connectivity index (χ0) is 18.7. The number of aliphatic imine (C=N–C) groups is 1. The van der Waals surface area contributed by atoms with Crippen molar-refractivity contribution in [3.63, 3.8) is 0 Å². The van der Waals surface area contributed by atoms with Crippen LogP contribution >= 0.6 is 0 Å². The predicted octanol–water partition coefficient (Wildman–Crippen LogP) is 2.97. The standard InChI is InChI=1S/C20H21N3O3/c1-23(2)12-13-4-7-15(8-5-13)21-11-17-16-9-6-14(20(25)26-3)10-18(16)22-19(17)24/h4-11,17H,12H2,1-3H3,(H,22,24). The Kier molecular flexibility index (Phi) is 5.14. The molecule has 1 aliphatic heterocycles. The number of ether oxygens (including phenoxy) is 1. The van der Waals surface area contributed by atoms with E-state index in [1.807, 2.05) is 38.4 Å². The Labute approximate surface area is 152 Å². The number of carbonyl (C=O) groups excluding carboxylic acids is 2. The number of amides is 1. The molecule has 2 aromatic rings. The van der Waals surface area contributed by atoms with Crippen LogP contribution in [0.1, 0.15) is 27.4 Å². The third-order valence-electron chi connectivity index (χ3n) is 4.16. The maximum absolute atomic E-state index is 12.3. The molecule has 1 atom stereocenters. The van der Waals surface area contributed by atoms with Crippen LogP contribution in [0.25, 0.3) is 0 Å². The van der Waals surface area contributed by atoms with Crippen LogP contribution in [0.2, 0.25) is 0 Å². The highest BCUT2D eigenvalue weighted by Crippen LogP contribution is 2.32. The van der Waals surface area contributed by atoms with Crippen molar-refractivity contribution in [2.75, 3.05) is 26.5 Å². The summed E-state index contributed by atoms with van der Waals surface area (Å²) in [6.07, 6.45) is 1.64. The Morgan fingerprint density at radius 1 is 1.23 bits per heavy atom. The first-order chi connectivity index (χ1) is 12.5. The van der Waals surface area contributed by atoms with E-state index in [0.717, 1.165) is 17.8 Å². The minimum Gasteiger partial charge on any atom is -0.465 e. The Hall–Kier alpha value is -2.99. The normalized spacial score (nSPS) is 16.0. The molecule has 0 saturated heterocycles. The van der Waals surface area contributed by atoms with Crippen LogP contribution in [0.15, 0.2) is 47.5 Å². The number of nitrogens with one attached hydrogen (secondary N) is 1. The summed E-state index contributed by atoms with van der Waals surface area (Å²) < 4.78 is 4.71. The number of fused-ring (bicyclic) bond motifs is 1. The highest BCUT2D eigenvalue weighted by molar-refractivity contribution is 6.13. The van der Waals surface area contributed by atoms with E-state index < -0.39 is 11.9 Å². The van der Waals surface area contributed by atoms with Gasteiger partial charge in [0.15, 0.2) is 0 Å². The number of methoxy groups -OCH3 is 1. The van der Waals surface area contributed by atoms with Gasteiger partial charge in [-0.15, -0.1) is 0 Å². The third kappa shape index (κ3) is 3.81. The van der Waals surface area contributed by atoms with Gasteiger partial charge in [0.05, 0.1) is 18.4 Å². The van der Waals surface area contributed by atoms with E-state index in [2.05, 4.69) is 15.2 Å². The zero-order valence-corrected chi connectivity index (χ0v) is 15.0. The first-order valence-corrected chi connectivity index (χ1v) is 8.29. The first kappa shape index (κ1) is 17.8. The number of benzene rings is 2. The molecule has 0 aromatic heterocycles. The molecule has 0 saturated carbocycles. The summed E-state index contributed by atoms with van der Waals surface area (Å²) in [5.74, 6) is -1.06. The van der Waals surface area contributed by atoms with Crippen molar-refractivity contribution in [2.24, 2.45) is 4.99 Å². The van der Waals surface area contributed by atoms with Gasteiger partial charge in [-0.2, -0.15) is 0 Å². The summed E-state index contributed by atoms with van der Waals surface area (Å²) in [5, 5.41) is 2.79. The van der Waals surface area contributed by atoms with Gasteiger partial charge in [-0.25, -0.2) is 4.79 Å². The Morgan fingerprint density at radius 2 is 1.96 bits per heavy atom. The first-order valence-electron chi connectivity index (χ1n) is 8.29. The van der Waals surface area contributed by atoms with Crippen molar-refractivity contribution in [1.29, 1.82) is 0 Å². The summed E-state index contributed by atoms with van der Waals surface area (Å²) in [6, 6.07) is 13.0. The lowest BCUT2D eigenvalue weighted by atomic mass is 10.0. The molecular weight excluding hydrogens is 330 g/mol. The maximum Gasteiger partial charge on any atom is 0.337 e. The molecule has 1 aliphatic rings. The van der Waals surface area contributed by atoms with Gasteiger partial charge in [0.25, 0.3) is 0 Å². The molecule has 0 radical (unpaired) electrons. The van der Waals surface area contributed by atoms with Crippen LogP contribution in [0.4, 0.5) is 11.4 Å². The molecule has 26 heavy (non-hydrogen) atoms. The number of nitrogens with zero attached hydrogens (tertiary/aromatic N) is 2. The molecule has 1 unspecified atom stereocenters. The molecule has 6 nitrogen and oxygen atoms in total. The summed E-state index contributed by atoms with van der Waals surface area (Å²) in [6.45, 7) is 0.866. The fraction of sp³-hybridized carbons (Fsp3) is 0.250. The van der Waals surface area contributed by atoms with E-state index >= 15 is 0 Å². The maximum atomic E-state index is 12.3. The van der Waals surface area contributed by atoms with Gasteiger partial charge < -0.3 is 15.0 Å². The van der Waals surface area contributed by atoms with Crippen molar-refractivity contribution in [2.45, 2.75) is 12.5 Å². The fourth-order valence-electron chi connectivity index (χ4n) is 2.89. The molecule has 0 aliphatic carbocycles. The van der Waals surface area contributed by atoms with Crippen molar-refractivity contribution in [3.05, 3.63) is 59.2 Å².